The van der Waals surface area contributed by atoms with Gasteiger partial charge in [0.05, 0.1) is 6.54 Å². The highest BCUT2D eigenvalue weighted by molar-refractivity contribution is 6.30. The van der Waals surface area contributed by atoms with Crippen molar-refractivity contribution in [3.63, 3.8) is 0 Å². The smallest absolute Gasteiger partial charge is 0.153 e. The number of halogens is 1. The van der Waals surface area contributed by atoms with Crippen LogP contribution in [-0.4, -0.2) is 35.6 Å². The van der Waals surface area contributed by atoms with Crippen LogP contribution in [0.15, 0.2) is 23.4 Å². The molecule has 0 unspecified atom stereocenters. The molecule has 92 valence electrons. The van der Waals surface area contributed by atoms with Crippen LogP contribution < -0.4 is 10.5 Å². The number of ether oxygens (including phenoxy) is 1. The average molecular weight is 256 g/mol. The number of amidine groups is 1. The number of rotatable bonds is 2. The number of hydrogen-bond donors (Lipinski definition) is 2. The van der Waals surface area contributed by atoms with Crippen molar-refractivity contribution in [2.45, 2.75) is 6.54 Å². The average Bonchev–Trinajstić information content (AvgIpc) is 2.50. The molecule has 0 atom stereocenters. The molecule has 0 saturated heterocycles. The van der Waals surface area contributed by atoms with E-state index in [1.54, 1.807) is 6.07 Å². The molecule has 3 N–H and O–H groups in total. The van der Waals surface area contributed by atoms with Gasteiger partial charge in [-0.05, 0) is 18.2 Å². The molecule has 1 heterocycles. The quantitative estimate of drug-likeness (QED) is 0.361. The molecule has 0 saturated carbocycles. The Morgan fingerprint density at radius 3 is 3.18 bits per heavy atom. The summed E-state index contributed by atoms with van der Waals surface area (Å²) in [5, 5.41) is 12.2. The molecule has 0 fully saturated rings. The predicted molar refractivity (Wildman–Crippen MR) is 65.6 cm³/mol. The van der Waals surface area contributed by atoms with Crippen LogP contribution in [0.25, 0.3) is 0 Å². The number of benzene rings is 1. The maximum atomic E-state index is 8.56. The van der Waals surface area contributed by atoms with Crippen LogP contribution in [0.2, 0.25) is 5.02 Å². The number of fused-ring (bicyclic) bond motifs is 1. The third-order valence-electron chi connectivity index (χ3n) is 2.60. The van der Waals surface area contributed by atoms with Gasteiger partial charge in [-0.3, -0.25) is 4.90 Å². The van der Waals surface area contributed by atoms with E-state index in [2.05, 4.69) is 5.16 Å². The second-order valence-electron chi connectivity index (χ2n) is 3.90. The van der Waals surface area contributed by atoms with Crippen molar-refractivity contribution >= 4 is 17.4 Å². The summed E-state index contributed by atoms with van der Waals surface area (Å²) < 4.78 is 5.61. The van der Waals surface area contributed by atoms with Crippen molar-refractivity contribution in [3.05, 3.63) is 28.8 Å². The van der Waals surface area contributed by atoms with Crippen molar-refractivity contribution in [1.29, 1.82) is 0 Å². The molecule has 6 heteroatoms. The summed E-state index contributed by atoms with van der Waals surface area (Å²) in [6.45, 7) is 2.38. The molecule has 5 nitrogen and oxygen atoms in total. The Morgan fingerprint density at radius 2 is 2.41 bits per heavy atom. The standard InChI is InChI=1S/C11H14ClN3O2/c12-9-1-2-10-8(5-9)6-15(3-4-17-10)7-11(13)14-16/h1-2,5,16H,3-4,6-7H2,(H2,13,14). The van der Waals surface area contributed by atoms with Crippen molar-refractivity contribution < 1.29 is 9.94 Å². The lowest BCUT2D eigenvalue weighted by molar-refractivity contribution is 0.243. The molecule has 0 amide bonds. The summed E-state index contributed by atoms with van der Waals surface area (Å²) in [6.07, 6.45) is 0. The van der Waals surface area contributed by atoms with Gasteiger partial charge in [0.2, 0.25) is 0 Å². The Hall–Kier alpha value is -1.46. The lowest BCUT2D eigenvalue weighted by Gasteiger charge is -2.17. The molecule has 17 heavy (non-hydrogen) atoms. The predicted octanol–water partition coefficient (Wildman–Crippen LogP) is 1.28. The van der Waals surface area contributed by atoms with Gasteiger partial charge in [0, 0.05) is 23.7 Å². The van der Waals surface area contributed by atoms with Gasteiger partial charge in [-0.2, -0.15) is 0 Å². The van der Waals surface area contributed by atoms with Gasteiger partial charge in [-0.15, -0.1) is 0 Å². The third kappa shape index (κ3) is 3.01. The van der Waals surface area contributed by atoms with E-state index in [1.807, 2.05) is 17.0 Å². The van der Waals surface area contributed by atoms with Crippen LogP contribution in [0.4, 0.5) is 0 Å². The zero-order valence-electron chi connectivity index (χ0n) is 9.27. The lowest BCUT2D eigenvalue weighted by Crippen LogP contribution is -2.35. The van der Waals surface area contributed by atoms with E-state index < -0.39 is 0 Å². The molecule has 0 aromatic heterocycles. The first-order valence-electron chi connectivity index (χ1n) is 5.29. The fourth-order valence-corrected chi connectivity index (χ4v) is 2.01. The number of nitrogens with zero attached hydrogens (tertiary/aromatic N) is 2. The van der Waals surface area contributed by atoms with E-state index in [0.717, 1.165) is 17.9 Å². The molecule has 0 aliphatic carbocycles. The highest BCUT2D eigenvalue weighted by Gasteiger charge is 2.16. The summed E-state index contributed by atoms with van der Waals surface area (Å²) in [4.78, 5) is 2.04. The Kier molecular flexibility index (Phi) is 3.71. The first-order chi connectivity index (χ1) is 8.19. The van der Waals surface area contributed by atoms with Gasteiger partial charge in [-0.1, -0.05) is 16.8 Å². The molecular formula is C11H14ClN3O2. The molecule has 2 rings (SSSR count). The Bertz CT molecular complexity index is 437. The van der Waals surface area contributed by atoms with Crippen LogP contribution >= 0.6 is 11.6 Å². The Balaban J connectivity index is 2.16. The van der Waals surface area contributed by atoms with Gasteiger partial charge in [-0.25, -0.2) is 0 Å². The van der Waals surface area contributed by atoms with E-state index in [9.17, 15) is 0 Å². The van der Waals surface area contributed by atoms with Crippen molar-refractivity contribution in [2.75, 3.05) is 19.7 Å². The van der Waals surface area contributed by atoms with E-state index in [0.29, 0.717) is 24.7 Å². The number of oxime groups is 1. The maximum absolute atomic E-state index is 8.56. The van der Waals surface area contributed by atoms with Crippen molar-refractivity contribution in [3.8, 4) is 5.75 Å². The summed E-state index contributed by atoms with van der Waals surface area (Å²) in [6, 6.07) is 5.55. The van der Waals surface area contributed by atoms with Crippen LogP contribution in [0.3, 0.4) is 0 Å². The monoisotopic (exact) mass is 255 g/mol. The Morgan fingerprint density at radius 1 is 1.59 bits per heavy atom. The highest BCUT2D eigenvalue weighted by atomic mass is 35.5. The van der Waals surface area contributed by atoms with Crippen LogP contribution in [0, 0.1) is 0 Å². The minimum Gasteiger partial charge on any atom is -0.492 e. The van der Waals surface area contributed by atoms with Crippen LogP contribution in [0.1, 0.15) is 5.56 Å². The summed E-state index contributed by atoms with van der Waals surface area (Å²) in [5.41, 5.74) is 6.51. The molecule has 1 aliphatic rings. The topological polar surface area (TPSA) is 71.1 Å². The second kappa shape index (κ2) is 5.25. The van der Waals surface area contributed by atoms with E-state index in [4.69, 9.17) is 27.3 Å². The highest BCUT2D eigenvalue weighted by Crippen LogP contribution is 2.26. The summed E-state index contributed by atoms with van der Waals surface area (Å²) in [5.74, 6) is 1.03. The largest absolute Gasteiger partial charge is 0.492 e. The minimum atomic E-state index is 0.190. The van der Waals surface area contributed by atoms with Crippen LogP contribution in [0.5, 0.6) is 5.75 Å². The maximum Gasteiger partial charge on any atom is 0.153 e. The van der Waals surface area contributed by atoms with Gasteiger partial charge in [0.15, 0.2) is 5.84 Å². The minimum absolute atomic E-state index is 0.190. The number of hydrogen-bond acceptors (Lipinski definition) is 4. The number of nitrogens with two attached hydrogens (primary N) is 1. The zero-order chi connectivity index (χ0) is 12.3. The van der Waals surface area contributed by atoms with Gasteiger partial charge in [0.1, 0.15) is 12.4 Å². The molecule has 0 spiro atoms. The van der Waals surface area contributed by atoms with Gasteiger partial charge >= 0.3 is 0 Å². The molecule has 1 aliphatic heterocycles. The van der Waals surface area contributed by atoms with E-state index >= 15 is 0 Å². The summed E-state index contributed by atoms with van der Waals surface area (Å²) >= 11 is 5.95. The zero-order valence-corrected chi connectivity index (χ0v) is 10.0. The SMILES string of the molecule is NC(CN1CCOc2ccc(Cl)cc2C1)=NO. The molecular weight excluding hydrogens is 242 g/mol. The molecule has 1 aromatic rings. The van der Waals surface area contributed by atoms with Crippen molar-refractivity contribution in [1.82, 2.24) is 4.90 Å². The van der Waals surface area contributed by atoms with E-state index in [1.165, 1.54) is 0 Å². The first-order valence-corrected chi connectivity index (χ1v) is 5.67. The summed E-state index contributed by atoms with van der Waals surface area (Å²) in [7, 11) is 0. The fourth-order valence-electron chi connectivity index (χ4n) is 1.81. The fraction of sp³-hybridized carbons (Fsp3) is 0.364. The molecule has 0 radical (unpaired) electrons. The van der Waals surface area contributed by atoms with Gasteiger partial charge in [0.25, 0.3) is 0 Å². The molecule has 0 bridgehead atoms. The van der Waals surface area contributed by atoms with Crippen molar-refractivity contribution in [2.24, 2.45) is 10.9 Å². The van der Waals surface area contributed by atoms with Crippen LogP contribution in [-0.2, 0) is 6.54 Å². The van der Waals surface area contributed by atoms with Gasteiger partial charge < -0.3 is 15.7 Å². The first kappa shape index (κ1) is 12.0. The third-order valence-corrected chi connectivity index (χ3v) is 2.83. The molecule has 1 aromatic carbocycles. The van der Waals surface area contributed by atoms with E-state index in [-0.39, 0.29) is 5.84 Å². The second-order valence-corrected chi connectivity index (χ2v) is 4.34. The lowest BCUT2D eigenvalue weighted by atomic mass is 10.2. The Labute approximate surface area is 104 Å². The normalized spacial score (nSPS) is 17.1.